The van der Waals surface area contributed by atoms with Crippen LogP contribution in [0.25, 0.3) is 0 Å². The molecule has 0 atom stereocenters. The Morgan fingerprint density at radius 2 is 2.06 bits per heavy atom. The van der Waals surface area contributed by atoms with Gasteiger partial charge in [-0.05, 0) is 19.1 Å². The van der Waals surface area contributed by atoms with Crippen LogP contribution in [-0.2, 0) is 14.6 Å². The van der Waals surface area contributed by atoms with Crippen molar-refractivity contribution in [1.82, 2.24) is 0 Å². The molecule has 4 N–H and O–H groups in total. The monoisotopic (exact) mass is 272 g/mol. The molecule has 0 aliphatic carbocycles. The van der Waals surface area contributed by atoms with E-state index in [9.17, 15) is 13.2 Å². The van der Waals surface area contributed by atoms with E-state index in [-0.39, 0.29) is 22.8 Å². The molecule has 0 aromatic heterocycles. The van der Waals surface area contributed by atoms with Gasteiger partial charge in [-0.2, -0.15) is 0 Å². The minimum Gasteiger partial charge on any atom is -0.494 e. The fourth-order valence-corrected chi connectivity index (χ4v) is 2.80. The summed E-state index contributed by atoms with van der Waals surface area (Å²) >= 11 is 0. The number of primary amides is 1. The summed E-state index contributed by atoms with van der Waals surface area (Å²) in [6, 6.07) is 4.41. The minimum atomic E-state index is -3.63. The van der Waals surface area contributed by atoms with Crippen LogP contribution in [0, 0.1) is 0 Å². The van der Waals surface area contributed by atoms with E-state index in [1.807, 2.05) is 0 Å². The summed E-state index contributed by atoms with van der Waals surface area (Å²) in [5.41, 5.74) is 10.7. The van der Waals surface area contributed by atoms with E-state index in [1.165, 1.54) is 12.1 Å². The Morgan fingerprint density at radius 3 is 2.61 bits per heavy atom. The first kappa shape index (κ1) is 14.3. The second-order valence-electron chi connectivity index (χ2n) is 3.67. The first-order valence-corrected chi connectivity index (χ1v) is 7.05. The molecule has 1 amide bonds. The summed E-state index contributed by atoms with van der Waals surface area (Å²) in [7, 11) is -3.63. The van der Waals surface area contributed by atoms with Crippen LogP contribution in [0.2, 0.25) is 0 Å². The average molecular weight is 272 g/mol. The van der Waals surface area contributed by atoms with E-state index >= 15 is 0 Å². The number of rotatable bonds is 6. The maximum atomic E-state index is 12.0. The van der Waals surface area contributed by atoms with Crippen molar-refractivity contribution in [2.75, 3.05) is 18.1 Å². The molecule has 0 radical (unpaired) electrons. The number of nitrogens with two attached hydrogens (primary N) is 2. The zero-order chi connectivity index (χ0) is 13.8. The molecule has 18 heavy (non-hydrogen) atoms. The maximum Gasteiger partial charge on any atom is 0.218 e. The largest absolute Gasteiger partial charge is 0.494 e. The Bertz CT molecular complexity index is 540. The fraction of sp³-hybridized carbons (Fsp3) is 0.364. The van der Waals surface area contributed by atoms with Gasteiger partial charge in [0.05, 0.1) is 22.9 Å². The van der Waals surface area contributed by atoms with E-state index in [2.05, 4.69) is 0 Å². The van der Waals surface area contributed by atoms with Crippen molar-refractivity contribution in [2.24, 2.45) is 5.73 Å². The number of hydrogen-bond acceptors (Lipinski definition) is 5. The number of sulfone groups is 1. The molecule has 0 heterocycles. The lowest BCUT2D eigenvalue weighted by atomic mass is 10.3. The van der Waals surface area contributed by atoms with Crippen LogP contribution in [0.4, 0.5) is 5.69 Å². The predicted molar refractivity (Wildman–Crippen MR) is 67.9 cm³/mol. The highest BCUT2D eigenvalue weighted by Gasteiger charge is 2.19. The molecule has 0 spiro atoms. The summed E-state index contributed by atoms with van der Waals surface area (Å²) in [4.78, 5) is 10.6. The lowest BCUT2D eigenvalue weighted by molar-refractivity contribution is -0.117. The van der Waals surface area contributed by atoms with Gasteiger partial charge in [-0.3, -0.25) is 4.79 Å². The van der Waals surface area contributed by atoms with Crippen molar-refractivity contribution in [3.8, 4) is 5.75 Å². The molecule has 0 fully saturated rings. The van der Waals surface area contributed by atoms with Crippen LogP contribution in [0.15, 0.2) is 23.1 Å². The number of nitrogen functional groups attached to an aromatic ring is 1. The number of carbonyl (C=O) groups is 1. The molecule has 0 unspecified atom stereocenters. The van der Waals surface area contributed by atoms with Gasteiger partial charge in [0.1, 0.15) is 5.75 Å². The topological polar surface area (TPSA) is 112 Å². The first-order chi connectivity index (χ1) is 8.36. The number of anilines is 1. The Kier molecular flexibility index (Phi) is 4.55. The highest BCUT2D eigenvalue weighted by atomic mass is 32.2. The number of ether oxygens (including phenoxy) is 1. The summed E-state index contributed by atoms with van der Waals surface area (Å²) in [6.45, 7) is 2.21. The van der Waals surface area contributed by atoms with Crippen LogP contribution in [0.1, 0.15) is 13.3 Å². The SMILES string of the molecule is CCOc1ccc(N)c(S(=O)(=O)CCC(N)=O)c1. The van der Waals surface area contributed by atoms with Crippen LogP contribution >= 0.6 is 0 Å². The van der Waals surface area contributed by atoms with Crippen molar-refractivity contribution in [2.45, 2.75) is 18.2 Å². The highest BCUT2D eigenvalue weighted by Crippen LogP contribution is 2.25. The molecule has 0 bridgehead atoms. The van der Waals surface area contributed by atoms with Crippen molar-refractivity contribution in [3.63, 3.8) is 0 Å². The van der Waals surface area contributed by atoms with Gasteiger partial charge in [-0.1, -0.05) is 0 Å². The molecule has 0 aliphatic rings. The number of benzene rings is 1. The van der Waals surface area contributed by atoms with Gasteiger partial charge < -0.3 is 16.2 Å². The molecular weight excluding hydrogens is 256 g/mol. The van der Waals surface area contributed by atoms with Crippen LogP contribution in [0.5, 0.6) is 5.75 Å². The van der Waals surface area contributed by atoms with Gasteiger partial charge in [-0.25, -0.2) is 8.42 Å². The summed E-state index contributed by atoms with van der Waals surface area (Å²) in [5.74, 6) is -0.607. The third-order valence-electron chi connectivity index (χ3n) is 2.25. The molecule has 100 valence electrons. The Balaban J connectivity index is 3.06. The van der Waals surface area contributed by atoms with Crippen molar-refractivity contribution < 1.29 is 17.9 Å². The number of amides is 1. The fourth-order valence-electron chi connectivity index (χ4n) is 1.39. The van der Waals surface area contributed by atoms with E-state index in [0.29, 0.717) is 12.4 Å². The normalized spacial score (nSPS) is 11.2. The maximum absolute atomic E-state index is 12.0. The standard InChI is InChI=1S/C11H16N2O4S/c1-2-17-8-3-4-9(12)10(7-8)18(15,16)6-5-11(13)14/h3-4,7H,2,5-6,12H2,1H3,(H2,13,14). The second-order valence-corrected chi connectivity index (χ2v) is 5.75. The van der Waals surface area contributed by atoms with Crippen LogP contribution in [0.3, 0.4) is 0 Å². The molecule has 1 rings (SSSR count). The molecule has 6 nitrogen and oxygen atoms in total. The van der Waals surface area contributed by atoms with Crippen LogP contribution < -0.4 is 16.2 Å². The Morgan fingerprint density at radius 1 is 1.39 bits per heavy atom. The smallest absolute Gasteiger partial charge is 0.218 e. The van der Waals surface area contributed by atoms with E-state index in [4.69, 9.17) is 16.2 Å². The Labute approximate surface area is 106 Å². The van der Waals surface area contributed by atoms with Gasteiger partial charge in [0.15, 0.2) is 9.84 Å². The van der Waals surface area contributed by atoms with E-state index in [1.54, 1.807) is 13.0 Å². The van der Waals surface area contributed by atoms with Crippen LogP contribution in [-0.4, -0.2) is 26.7 Å². The lowest BCUT2D eigenvalue weighted by Crippen LogP contribution is -2.18. The van der Waals surface area contributed by atoms with Gasteiger partial charge in [0.25, 0.3) is 0 Å². The van der Waals surface area contributed by atoms with Gasteiger partial charge >= 0.3 is 0 Å². The molecule has 0 saturated carbocycles. The minimum absolute atomic E-state index is 0.0327. The third-order valence-corrected chi connectivity index (χ3v) is 4.01. The summed E-state index contributed by atoms with van der Waals surface area (Å²) in [5, 5.41) is 0. The zero-order valence-electron chi connectivity index (χ0n) is 10.0. The van der Waals surface area contributed by atoms with E-state index < -0.39 is 15.7 Å². The number of hydrogen-bond donors (Lipinski definition) is 2. The summed E-state index contributed by atoms with van der Waals surface area (Å²) < 4.78 is 29.2. The van der Waals surface area contributed by atoms with Crippen molar-refractivity contribution >= 4 is 21.4 Å². The predicted octanol–water partition coefficient (Wildman–Crippen LogP) is 0.317. The number of carbonyl (C=O) groups excluding carboxylic acids is 1. The quantitative estimate of drug-likeness (QED) is 0.724. The lowest BCUT2D eigenvalue weighted by Gasteiger charge is -2.09. The van der Waals surface area contributed by atoms with Gasteiger partial charge in [0.2, 0.25) is 5.91 Å². The third kappa shape index (κ3) is 3.63. The summed E-state index contributed by atoms with van der Waals surface area (Å²) in [6.07, 6.45) is -0.235. The van der Waals surface area contributed by atoms with Crippen molar-refractivity contribution in [1.29, 1.82) is 0 Å². The second kappa shape index (κ2) is 5.72. The van der Waals surface area contributed by atoms with Gasteiger partial charge in [0, 0.05) is 12.5 Å². The molecule has 1 aromatic carbocycles. The first-order valence-electron chi connectivity index (χ1n) is 5.40. The molecule has 1 aromatic rings. The highest BCUT2D eigenvalue weighted by molar-refractivity contribution is 7.91. The average Bonchev–Trinajstić information content (AvgIpc) is 2.29. The molecule has 0 aliphatic heterocycles. The molecule has 0 saturated heterocycles. The molecular formula is C11H16N2O4S. The zero-order valence-corrected chi connectivity index (χ0v) is 10.9. The Hall–Kier alpha value is -1.76. The van der Waals surface area contributed by atoms with Crippen molar-refractivity contribution in [3.05, 3.63) is 18.2 Å². The van der Waals surface area contributed by atoms with E-state index in [0.717, 1.165) is 0 Å². The molecule has 7 heteroatoms. The van der Waals surface area contributed by atoms with Gasteiger partial charge in [-0.15, -0.1) is 0 Å².